The molecule has 0 saturated heterocycles. The van der Waals surface area contributed by atoms with Gasteiger partial charge in [0.25, 0.3) is 11.1 Å². The maximum atomic E-state index is 12.4. The van der Waals surface area contributed by atoms with Crippen LogP contribution in [0.2, 0.25) is 0 Å². The summed E-state index contributed by atoms with van der Waals surface area (Å²) in [4.78, 5) is 16.2. The molecule has 0 aliphatic carbocycles. The van der Waals surface area contributed by atoms with Crippen LogP contribution in [0.25, 0.3) is 6.08 Å². The summed E-state index contributed by atoms with van der Waals surface area (Å²) in [6, 6.07) is 16.1. The zero-order valence-electron chi connectivity index (χ0n) is 18.2. The summed E-state index contributed by atoms with van der Waals surface area (Å²) in [6.45, 7) is 0.615. The van der Waals surface area contributed by atoms with Crippen LogP contribution < -0.4 is 19.5 Å². The number of nitrogens with zero attached hydrogens (tertiary/aromatic N) is 3. The van der Waals surface area contributed by atoms with Crippen LogP contribution in [0.1, 0.15) is 5.56 Å². The van der Waals surface area contributed by atoms with Crippen LogP contribution in [0.4, 0.5) is 5.13 Å². The molecule has 1 N–H and O–H groups in total. The lowest BCUT2D eigenvalue weighted by atomic mass is 10.1. The van der Waals surface area contributed by atoms with E-state index in [0.29, 0.717) is 35.2 Å². The van der Waals surface area contributed by atoms with Gasteiger partial charge in [-0.05, 0) is 35.9 Å². The van der Waals surface area contributed by atoms with Gasteiger partial charge in [0.05, 0.1) is 7.11 Å². The van der Waals surface area contributed by atoms with Gasteiger partial charge in [0.1, 0.15) is 30.6 Å². The van der Waals surface area contributed by atoms with E-state index < -0.39 is 20.9 Å². The number of amides is 1. The highest BCUT2D eigenvalue weighted by Gasteiger charge is 2.17. The molecule has 34 heavy (non-hydrogen) atoms. The van der Waals surface area contributed by atoms with E-state index in [1.807, 2.05) is 36.4 Å². The second-order valence-electron chi connectivity index (χ2n) is 6.70. The largest absolute Gasteiger partial charge is 0.493 e. The zero-order chi connectivity index (χ0) is 24.6. The Hall–Kier alpha value is -3.95. The minimum atomic E-state index is -3.60. The second kappa shape index (κ2) is 11.3. The molecule has 0 saturated carbocycles. The predicted octanol–water partition coefficient (Wildman–Crippen LogP) is 2.95. The quantitative estimate of drug-likeness (QED) is 0.253. The van der Waals surface area contributed by atoms with Crippen molar-refractivity contribution in [2.24, 2.45) is 0 Å². The van der Waals surface area contributed by atoms with Crippen molar-refractivity contribution in [3.05, 3.63) is 59.7 Å². The number of ether oxygens (including phenoxy) is 3. The number of benzene rings is 2. The minimum Gasteiger partial charge on any atom is -0.493 e. The number of aromatic nitrogens is 2. The van der Waals surface area contributed by atoms with E-state index in [1.165, 1.54) is 13.2 Å². The normalized spacial score (nSPS) is 11.4. The topological polar surface area (TPSA) is 140 Å². The lowest BCUT2D eigenvalue weighted by Crippen LogP contribution is -2.13. The molecule has 0 bridgehead atoms. The number of carbonyl (C=O) groups excluding carboxylic acids is 1. The van der Waals surface area contributed by atoms with Crippen molar-refractivity contribution in [2.45, 2.75) is 5.16 Å². The highest BCUT2D eigenvalue weighted by Crippen LogP contribution is 2.29. The Labute approximate surface area is 200 Å². The predicted molar refractivity (Wildman–Crippen MR) is 126 cm³/mol. The van der Waals surface area contributed by atoms with Crippen LogP contribution in [0, 0.1) is 11.3 Å². The summed E-state index contributed by atoms with van der Waals surface area (Å²) in [5.74, 6) is 0.868. The summed E-state index contributed by atoms with van der Waals surface area (Å²) in [7, 11) is -2.13. The van der Waals surface area contributed by atoms with Crippen LogP contribution in [0.3, 0.4) is 0 Å². The number of hydrogen-bond donors (Lipinski definition) is 1. The van der Waals surface area contributed by atoms with Gasteiger partial charge in [-0.1, -0.05) is 24.3 Å². The molecule has 3 rings (SSSR count). The number of nitrogens with one attached hydrogen (secondary N) is 1. The third-order valence-corrected chi connectivity index (χ3v) is 5.77. The highest BCUT2D eigenvalue weighted by molar-refractivity contribution is 7.90. The average molecular weight is 501 g/mol. The molecule has 0 radical (unpaired) electrons. The van der Waals surface area contributed by atoms with Crippen molar-refractivity contribution < 1.29 is 27.4 Å². The Balaban J connectivity index is 1.65. The van der Waals surface area contributed by atoms with Crippen molar-refractivity contribution in [2.75, 3.05) is 31.9 Å². The maximum absolute atomic E-state index is 12.4. The van der Waals surface area contributed by atoms with Crippen molar-refractivity contribution in [3.63, 3.8) is 0 Å². The van der Waals surface area contributed by atoms with Crippen LogP contribution >= 0.6 is 11.5 Å². The molecule has 0 aliphatic heterocycles. The summed E-state index contributed by atoms with van der Waals surface area (Å²) in [5.41, 5.74) is 0.300. The molecule has 1 amide bonds. The Morgan fingerprint density at radius 3 is 2.53 bits per heavy atom. The first kappa shape index (κ1) is 24.7. The average Bonchev–Trinajstić information content (AvgIpc) is 3.30. The second-order valence-corrected chi connectivity index (χ2v) is 9.36. The van der Waals surface area contributed by atoms with E-state index in [4.69, 9.17) is 14.2 Å². The molecule has 1 heterocycles. The van der Waals surface area contributed by atoms with Crippen LogP contribution in [-0.2, 0) is 14.6 Å². The molecule has 0 atom stereocenters. The number of anilines is 1. The zero-order valence-corrected chi connectivity index (χ0v) is 19.9. The van der Waals surface area contributed by atoms with Crippen molar-refractivity contribution in [1.29, 1.82) is 5.26 Å². The van der Waals surface area contributed by atoms with E-state index in [-0.39, 0.29) is 17.3 Å². The molecule has 1 aromatic heterocycles. The van der Waals surface area contributed by atoms with E-state index in [2.05, 4.69) is 14.7 Å². The van der Waals surface area contributed by atoms with E-state index in [0.717, 1.165) is 12.0 Å². The first-order chi connectivity index (χ1) is 16.3. The van der Waals surface area contributed by atoms with Gasteiger partial charge >= 0.3 is 0 Å². The van der Waals surface area contributed by atoms with Crippen molar-refractivity contribution in [1.82, 2.24) is 9.36 Å². The highest BCUT2D eigenvalue weighted by atomic mass is 32.2. The number of sulfone groups is 1. The number of nitriles is 1. The molecule has 10 nitrogen and oxygen atoms in total. The molecule has 0 spiro atoms. The van der Waals surface area contributed by atoms with Gasteiger partial charge in [-0.3, -0.25) is 10.1 Å². The molecule has 176 valence electrons. The molecule has 2 aromatic carbocycles. The van der Waals surface area contributed by atoms with E-state index in [9.17, 15) is 18.5 Å². The summed E-state index contributed by atoms with van der Waals surface area (Å²) < 4.78 is 43.3. The van der Waals surface area contributed by atoms with E-state index in [1.54, 1.807) is 18.2 Å². The van der Waals surface area contributed by atoms with E-state index >= 15 is 0 Å². The van der Waals surface area contributed by atoms with Gasteiger partial charge in [0, 0.05) is 17.8 Å². The van der Waals surface area contributed by atoms with Gasteiger partial charge in [-0.15, -0.1) is 0 Å². The van der Waals surface area contributed by atoms with Crippen LogP contribution in [-0.4, -0.2) is 50.3 Å². The van der Waals surface area contributed by atoms with Gasteiger partial charge < -0.3 is 14.2 Å². The standard InChI is InChI=1S/C22H20N4O6S2/c1-30-19-13-15(8-9-18(19)32-11-10-31-17-6-4-3-5-7-17)12-16(14-23)20(27)24-21-25-22(26-33-21)34(2,28)29/h3-9,12-13H,10-11H2,1-2H3,(H,24,25,26,27). The van der Waals surface area contributed by atoms with Crippen LogP contribution in [0.15, 0.2) is 59.3 Å². The molecule has 3 aromatic rings. The van der Waals surface area contributed by atoms with Crippen molar-refractivity contribution in [3.8, 4) is 23.3 Å². The fourth-order valence-corrected chi connectivity index (χ4v) is 4.05. The summed E-state index contributed by atoms with van der Waals surface area (Å²) in [5, 5.41) is 11.4. The number of carbonyl (C=O) groups is 1. The van der Waals surface area contributed by atoms with Crippen molar-refractivity contribution >= 4 is 38.5 Å². The molecular weight excluding hydrogens is 480 g/mol. The summed E-state index contributed by atoms with van der Waals surface area (Å²) in [6.07, 6.45) is 2.32. The van der Waals surface area contributed by atoms with Gasteiger partial charge in [-0.2, -0.15) is 14.6 Å². The fourth-order valence-electron chi connectivity index (χ4n) is 2.61. The maximum Gasteiger partial charge on any atom is 0.268 e. The number of rotatable bonds is 10. The molecule has 0 unspecified atom stereocenters. The Kier molecular flexibility index (Phi) is 8.18. The SMILES string of the molecule is COc1cc(C=C(C#N)C(=O)Nc2nc(S(C)(=O)=O)ns2)ccc1OCCOc1ccccc1. The van der Waals surface area contributed by atoms with Gasteiger partial charge in [0.15, 0.2) is 11.5 Å². The first-order valence-corrected chi connectivity index (χ1v) is 12.4. The Morgan fingerprint density at radius 2 is 1.88 bits per heavy atom. The Bertz CT molecular complexity index is 1330. The fraction of sp³-hybridized carbons (Fsp3) is 0.182. The third kappa shape index (κ3) is 6.77. The third-order valence-electron chi connectivity index (χ3n) is 4.18. The monoisotopic (exact) mass is 500 g/mol. The molecule has 0 fully saturated rings. The lowest BCUT2D eigenvalue weighted by Gasteiger charge is -2.12. The van der Waals surface area contributed by atoms with Gasteiger partial charge in [-0.25, -0.2) is 8.42 Å². The molecule has 12 heteroatoms. The molecule has 0 aliphatic rings. The van der Waals surface area contributed by atoms with Gasteiger partial charge in [0.2, 0.25) is 15.0 Å². The molecular formula is C22H20N4O6S2. The van der Waals surface area contributed by atoms with Crippen LogP contribution in [0.5, 0.6) is 17.2 Å². The number of methoxy groups -OCH3 is 1. The minimum absolute atomic E-state index is 0.0365. The Morgan fingerprint density at radius 1 is 1.15 bits per heavy atom. The smallest absolute Gasteiger partial charge is 0.268 e. The number of para-hydroxylation sites is 1. The lowest BCUT2D eigenvalue weighted by molar-refractivity contribution is -0.112. The summed E-state index contributed by atoms with van der Waals surface area (Å²) >= 11 is 0.699. The number of hydrogen-bond acceptors (Lipinski definition) is 10. The first-order valence-electron chi connectivity index (χ1n) is 9.75.